The van der Waals surface area contributed by atoms with Crippen LogP contribution in [0.1, 0.15) is 28.3 Å². The number of para-hydroxylation sites is 1. The summed E-state index contributed by atoms with van der Waals surface area (Å²) in [7, 11) is -3.79. The summed E-state index contributed by atoms with van der Waals surface area (Å²) in [6.07, 6.45) is 1.81. The number of aromatic nitrogens is 1. The van der Waals surface area contributed by atoms with Gasteiger partial charge < -0.3 is 4.98 Å². The maximum absolute atomic E-state index is 13.1. The molecule has 0 aliphatic carbocycles. The number of nitrogens with zero attached hydrogens (tertiary/aromatic N) is 1. The second-order valence-electron chi connectivity index (χ2n) is 6.89. The standard InChI is InChI=1S/C23H19N3O2S/c1-16-9-11-19(12-10-16)29(27,28)26-23(18-6-4-5-17(13-18)14-24)21-15-25-22-8-3-2-7-20(21)22/h2-13,15,23,25-26H,1H3. The van der Waals surface area contributed by atoms with Crippen LogP contribution in [-0.2, 0) is 10.0 Å². The topological polar surface area (TPSA) is 85.8 Å². The Morgan fingerprint density at radius 2 is 1.76 bits per heavy atom. The molecule has 1 aromatic heterocycles. The van der Waals surface area contributed by atoms with Gasteiger partial charge in [0.1, 0.15) is 0 Å². The van der Waals surface area contributed by atoms with E-state index < -0.39 is 16.1 Å². The lowest BCUT2D eigenvalue weighted by Crippen LogP contribution is -2.29. The molecular formula is C23H19N3O2S. The third kappa shape index (κ3) is 3.79. The fourth-order valence-electron chi connectivity index (χ4n) is 3.37. The average Bonchev–Trinajstić information content (AvgIpc) is 3.16. The highest BCUT2D eigenvalue weighted by Crippen LogP contribution is 2.31. The number of sulfonamides is 1. The number of fused-ring (bicyclic) bond motifs is 1. The number of hydrogen-bond donors (Lipinski definition) is 2. The van der Waals surface area contributed by atoms with Gasteiger partial charge in [-0.25, -0.2) is 8.42 Å². The monoisotopic (exact) mass is 401 g/mol. The van der Waals surface area contributed by atoms with Crippen molar-refractivity contribution in [3.05, 3.63) is 101 Å². The summed E-state index contributed by atoms with van der Waals surface area (Å²) >= 11 is 0. The molecule has 4 rings (SSSR count). The SMILES string of the molecule is Cc1ccc(S(=O)(=O)NC(c2cccc(C#N)c2)c2c[nH]c3ccccc23)cc1. The van der Waals surface area contributed by atoms with Crippen LogP contribution in [-0.4, -0.2) is 13.4 Å². The molecule has 144 valence electrons. The van der Waals surface area contributed by atoms with Crippen molar-refractivity contribution >= 4 is 20.9 Å². The molecule has 0 bridgehead atoms. The van der Waals surface area contributed by atoms with Crippen LogP contribution in [0.3, 0.4) is 0 Å². The van der Waals surface area contributed by atoms with E-state index in [4.69, 9.17) is 0 Å². The third-order valence-corrected chi connectivity index (χ3v) is 6.32. The van der Waals surface area contributed by atoms with Crippen molar-refractivity contribution in [3.8, 4) is 6.07 Å². The van der Waals surface area contributed by atoms with Gasteiger partial charge in [-0.15, -0.1) is 0 Å². The highest BCUT2D eigenvalue weighted by molar-refractivity contribution is 7.89. The van der Waals surface area contributed by atoms with Gasteiger partial charge in [0.25, 0.3) is 0 Å². The lowest BCUT2D eigenvalue weighted by molar-refractivity contribution is 0.572. The second kappa shape index (κ2) is 7.55. The molecule has 3 aromatic carbocycles. The van der Waals surface area contributed by atoms with Crippen LogP contribution < -0.4 is 4.72 Å². The van der Waals surface area contributed by atoms with Crippen LogP contribution in [0.5, 0.6) is 0 Å². The summed E-state index contributed by atoms with van der Waals surface area (Å²) in [5.74, 6) is 0. The molecule has 0 aliphatic rings. The molecule has 1 heterocycles. The number of rotatable bonds is 5. The first kappa shape index (κ1) is 18.9. The minimum atomic E-state index is -3.79. The van der Waals surface area contributed by atoms with Crippen molar-refractivity contribution in [2.45, 2.75) is 17.9 Å². The molecule has 5 nitrogen and oxygen atoms in total. The van der Waals surface area contributed by atoms with E-state index in [9.17, 15) is 13.7 Å². The fourth-order valence-corrected chi connectivity index (χ4v) is 4.58. The number of benzene rings is 3. The Hall–Kier alpha value is -3.40. The summed E-state index contributed by atoms with van der Waals surface area (Å²) in [5.41, 5.74) is 3.87. The third-order valence-electron chi connectivity index (χ3n) is 4.89. The van der Waals surface area contributed by atoms with Crippen molar-refractivity contribution in [3.63, 3.8) is 0 Å². The molecule has 1 atom stereocenters. The highest BCUT2D eigenvalue weighted by atomic mass is 32.2. The Morgan fingerprint density at radius 3 is 2.52 bits per heavy atom. The van der Waals surface area contributed by atoms with E-state index in [0.29, 0.717) is 11.1 Å². The first-order chi connectivity index (χ1) is 14.0. The van der Waals surface area contributed by atoms with Gasteiger partial charge in [-0.05, 0) is 48.4 Å². The van der Waals surface area contributed by atoms with Gasteiger partial charge in [-0.3, -0.25) is 0 Å². The molecule has 0 aliphatic heterocycles. The van der Waals surface area contributed by atoms with Crippen molar-refractivity contribution in [1.29, 1.82) is 5.26 Å². The summed E-state index contributed by atoms with van der Waals surface area (Å²) in [5, 5.41) is 10.2. The van der Waals surface area contributed by atoms with Gasteiger partial charge in [0, 0.05) is 17.1 Å². The van der Waals surface area contributed by atoms with Crippen LogP contribution in [0.15, 0.2) is 83.9 Å². The van der Waals surface area contributed by atoms with E-state index in [1.54, 1.807) is 42.5 Å². The molecule has 4 aromatic rings. The maximum atomic E-state index is 13.1. The average molecular weight is 401 g/mol. The number of aryl methyl sites for hydroxylation is 1. The first-order valence-corrected chi connectivity index (χ1v) is 10.6. The molecule has 0 saturated carbocycles. The molecule has 6 heteroatoms. The van der Waals surface area contributed by atoms with E-state index in [2.05, 4.69) is 15.8 Å². The van der Waals surface area contributed by atoms with Gasteiger partial charge in [0.15, 0.2) is 0 Å². The first-order valence-electron chi connectivity index (χ1n) is 9.13. The quantitative estimate of drug-likeness (QED) is 0.519. The molecule has 0 spiro atoms. The molecule has 2 N–H and O–H groups in total. The molecule has 0 amide bonds. The van der Waals surface area contributed by atoms with Crippen LogP contribution in [0.2, 0.25) is 0 Å². The predicted octanol–water partition coefficient (Wildman–Crippen LogP) is 4.42. The normalized spacial score (nSPS) is 12.6. The minimum absolute atomic E-state index is 0.198. The lowest BCUT2D eigenvalue weighted by atomic mass is 9.98. The summed E-state index contributed by atoms with van der Waals surface area (Å²) < 4.78 is 29.1. The Morgan fingerprint density at radius 1 is 1.00 bits per heavy atom. The summed E-state index contributed by atoms with van der Waals surface area (Å²) in [6, 6.07) is 22.9. The number of nitriles is 1. The molecule has 29 heavy (non-hydrogen) atoms. The van der Waals surface area contributed by atoms with E-state index in [1.807, 2.05) is 43.5 Å². The maximum Gasteiger partial charge on any atom is 0.241 e. The van der Waals surface area contributed by atoms with Gasteiger partial charge in [-0.1, -0.05) is 48.0 Å². The van der Waals surface area contributed by atoms with E-state index >= 15 is 0 Å². The molecule has 0 radical (unpaired) electrons. The Kier molecular flexibility index (Phi) is 4.93. The van der Waals surface area contributed by atoms with Gasteiger partial charge in [0.05, 0.1) is 22.6 Å². The van der Waals surface area contributed by atoms with E-state index in [-0.39, 0.29) is 4.90 Å². The smallest absolute Gasteiger partial charge is 0.241 e. The number of H-pyrrole nitrogens is 1. The number of aromatic amines is 1. The molecule has 1 unspecified atom stereocenters. The number of nitrogens with one attached hydrogen (secondary N) is 2. The van der Waals surface area contributed by atoms with Crippen LogP contribution in [0.25, 0.3) is 10.9 Å². The zero-order valence-electron chi connectivity index (χ0n) is 15.8. The second-order valence-corrected chi connectivity index (χ2v) is 8.61. The zero-order valence-corrected chi connectivity index (χ0v) is 16.6. The Labute approximate surface area is 169 Å². The van der Waals surface area contributed by atoms with Crippen molar-refractivity contribution in [1.82, 2.24) is 9.71 Å². The minimum Gasteiger partial charge on any atom is -0.361 e. The summed E-state index contributed by atoms with van der Waals surface area (Å²) in [4.78, 5) is 3.40. The Balaban J connectivity index is 1.84. The van der Waals surface area contributed by atoms with E-state index in [1.165, 1.54) is 0 Å². The van der Waals surface area contributed by atoms with Crippen LogP contribution in [0.4, 0.5) is 0 Å². The number of hydrogen-bond acceptors (Lipinski definition) is 3. The van der Waals surface area contributed by atoms with Crippen molar-refractivity contribution < 1.29 is 8.42 Å². The van der Waals surface area contributed by atoms with Crippen molar-refractivity contribution in [2.24, 2.45) is 0 Å². The molecule has 0 saturated heterocycles. The lowest BCUT2D eigenvalue weighted by Gasteiger charge is -2.19. The molecule has 0 fully saturated rings. The van der Waals surface area contributed by atoms with Gasteiger partial charge >= 0.3 is 0 Å². The largest absolute Gasteiger partial charge is 0.361 e. The van der Waals surface area contributed by atoms with Gasteiger partial charge in [0.2, 0.25) is 10.0 Å². The van der Waals surface area contributed by atoms with E-state index in [0.717, 1.165) is 22.0 Å². The van der Waals surface area contributed by atoms with Gasteiger partial charge in [-0.2, -0.15) is 9.98 Å². The highest BCUT2D eigenvalue weighted by Gasteiger charge is 2.25. The van der Waals surface area contributed by atoms with Crippen molar-refractivity contribution in [2.75, 3.05) is 0 Å². The Bertz CT molecular complexity index is 1320. The zero-order chi connectivity index (χ0) is 20.4. The van der Waals surface area contributed by atoms with Crippen LogP contribution >= 0.6 is 0 Å². The van der Waals surface area contributed by atoms with Crippen LogP contribution in [0, 0.1) is 18.3 Å². The summed E-state index contributed by atoms with van der Waals surface area (Å²) in [6.45, 7) is 1.91. The molecular weight excluding hydrogens is 382 g/mol. The fraction of sp³-hybridized carbons (Fsp3) is 0.0870. The predicted molar refractivity (Wildman–Crippen MR) is 113 cm³/mol.